The molecule has 1 aromatic carbocycles. The molecule has 16 heavy (non-hydrogen) atoms. The Kier molecular flexibility index (Phi) is 3.90. The van der Waals surface area contributed by atoms with Crippen molar-refractivity contribution in [1.29, 1.82) is 0 Å². The molecule has 0 radical (unpaired) electrons. The monoisotopic (exact) mass is 224 g/mol. The van der Waals surface area contributed by atoms with Gasteiger partial charge in [0.15, 0.2) is 0 Å². The zero-order chi connectivity index (χ0) is 12.1. The van der Waals surface area contributed by atoms with Crippen LogP contribution in [0, 0.1) is 0 Å². The summed E-state index contributed by atoms with van der Waals surface area (Å²) in [7, 11) is 1.52. The number of rotatable bonds is 4. The van der Waals surface area contributed by atoms with Gasteiger partial charge in [-0.05, 0) is 23.8 Å². The van der Waals surface area contributed by atoms with E-state index in [1.54, 1.807) is 24.3 Å². The fourth-order valence-electron chi connectivity index (χ4n) is 1.12. The highest BCUT2D eigenvalue weighted by molar-refractivity contribution is 5.83. The van der Waals surface area contributed by atoms with Crippen molar-refractivity contribution in [2.75, 3.05) is 7.11 Å². The van der Waals surface area contributed by atoms with Gasteiger partial charge in [-0.2, -0.15) is 0 Å². The SMILES string of the molecule is COc1ccc(C(O)/C=C(\O)C(=O)O)cc1. The summed E-state index contributed by atoms with van der Waals surface area (Å²) in [5.41, 5.74) is 0.466. The summed E-state index contributed by atoms with van der Waals surface area (Å²) < 4.78 is 4.93. The smallest absolute Gasteiger partial charge is 0.370 e. The molecule has 0 bridgehead atoms. The molecule has 0 fully saturated rings. The minimum Gasteiger partial charge on any atom is -0.502 e. The Morgan fingerprint density at radius 2 is 1.88 bits per heavy atom. The first-order valence-electron chi connectivity index (χ1n) is 4.50. The van der Waals surface area contributed by atoms with E-state index >= 15 is 0 Å². The molecule has 1 unspecified atom stereocenters. The molecule has 1 rings (SSSR count). The van der Waals surface area contributed by atoms with E-state index in [0.717, 1.165) is 6.08 Å². The molecule has 0 aliphatic carbocycles. The van der Waals surface area contributed by atoms with Crippen molar-refractivity contribution in [3.63, 3.8) is 0 Å². The van der Waals surface area contributed by atoms with Gasteiger partial charge in [0, 0.05) is 0 Å². The van der Waals surface area contributed by atoms with Crippen LogP contribution < -0.4 is 4.74 Å². The summed E-state index contributed by atoms with van der Waals surface area (Å²) in [5.74, 6) is -1.74. The molecule has 0 aliphatic heterocycles. The summed E-state index contributed by atoms with van der Waals surface area (Å²) in [6.45, 7) is 0. The second kappa shape index (κ2) is 5.18. The van der Waals surface area contributed by atoms with Gasteiger partial charge < -0.3 is 20.1 Å². The number of aliphatic hydroxyl groups is 2. The predicted molar refractivity (Wildman–Crippen MR) is 56.3 cm³/mol. The average molecular weight is 224 g/mol. The number of carboxylic acid groups (broad SMARTS) is 1. The number of carboxylic acids is 1. The first kappa shape index (κ1) is 12.1. The van der Waals surface area contributed by atoms with Crippen molar-refractivity contribution in [3.05, 3.63) is 41.7 Å². The first-order chi connectivity index (χ1) is 7.54. The Balaban J connectivity index is 2.84. The molecule has 0 heterocycles. The molecular formula is C11H12O5. The van der Waals surface area contributed by atoms with E-state index < -0.39 is 17.8 Å². The van der Waals surface area contributed by atoms with Gasteiger partial charge in [-0.1, -0.05) is 12.1 Å². The van der Waals surface area contributed by atoms with Gasteiger partial charge in [-0.15, -0.1) is 0 Å². The maximum absolute atomic E-state index is 10.3. The van der Waals surface area contributed by atoms with Crippen molar-refractivity contribution in [3.8, 4) is 5.75 Å². The summed E-state index contributed by atoms with van der Waals surface area (Å²) in [6.07, 6.45) is -0.313. The third kappa shape index (κ3) is 2.99. The molecule has 0 saturated carbocycles. The van der Waals surface area contributed by atoms with Gasteiger partial charge in [0.2, 0.25) is 5.76 Å². The number of hydrogen-bond donors (Lipinski definition) is 3. The molecule has 0 aliphatic rings. The fraction of sp³-hybridized carbons (Fsp3) is 0.182. The van der Waals surface area contributed by atoms with Crippen LogP contribution in [0.15, 0.2) is 36.1 Å². The van der Waals surface area contributed by atoms with Gasteiger partial charge in [-0.3, -0.25) is 0 Å². The first-order valence-corrected chi connectivity index (χ1v) is 4.50. The Morgan fingerprint density at radius 3 is 2.31 bits per heavy atom. The van der Waals surface area contributed by atoms with E-state index in [4.69, 9.17) is 14.9 Å². The fourth-order valence-corrected chi connectivity index (χ4v) is 1.12. The van der Waals surface area contributed by atoms with Crippen LogP contribution in [0.2, 0.25) is 0 Å². The maximum Gasteiger partial charge on any atom is 0.370 e. The Morgan fingerprint density at radius 1 is 1.31 bits per heavy atom. The molecule has 86 valence electrons. The molecule has 0 aromatic heterocycles. The molecule has 5 heteroatoms. The predicted octanol–water partition coefficient (Wildman–Crippen LogP) is 1.26. The second-order valence-electron chi connectivity index (χ2n) is 3.08. The lowest BCUT2D eigenvalue weighted by Crippen LogP contribution is -2.03. The van der Waals surface area contributed by atoms with Gasteiger partial charge in [0.05, 0.1) is 7.11 Å². The van der Waals surface area contributed by atoms with E-state index in [1.807, 2.05) is 0 Å². The lowest BCUT2D eigenvalue weighted by atomic mass is 10.1. The van der Waals surface area contributed by atoms with Crippen LogP contribution >= 0.6 is 0 Å². The van der Waals surface area contributed by atoms with Crippen LogP contribution in [0.1, 0.15) is 11.7 Å². The quantitative estimate of drug-likeness (QED) is 0.529. The summed E-state index contributed by atoms with van der Waals surface area (Å²) in [4.78, 5) is 10.3. The van der Waals surface area contributed by atoms with Gasteiger partial charge in [0.25, 0.3) is 0 Å². The number of carbonyl (C=O) groups is 1. The van der Waals surface area contributed by atoms with Crippen LogP contribution in [0.4, 0.5) is 0 Å². The molecular weight excluding hydrogens is 212 g/mol. The van der Waals surface area contributed by atoms with Crippen molar-refractivity contribution >= 4 is 5.97 Å². The summed E-state index contributed by atoms with van der Waals surface area (Å²) in [5, 5.41) is 26.9. The van der Waals surface area contributed by atoms with Crippen molar-refractivity contribution in [1.82, 2.24) is 0 Å². The molecule has 0 saturated heterocycles. The Hall–Kier alpha value is -2.01. The third-order valence-electron chi connectivity index (χ3n) is 1.99. The van der Waals surface area contributed by atoms with E-state index in [9.17, 15) is 9.90 Å². The topological polar surface area (TPSA) is 87.0 Å². The zero-order valence-electron chi connectivity index (χ0n) is 8.62. The van der Waals surface area contributed by atoms with Crippen molar-refractivity contribution in [2.45, 2.75) is 6.10 Å². The van der Waals surface area contributed by atoms with Crippen LogP contribution in [0.5, 0.6) is 5.75 Å². The largest absolute Gasteiger partial charge is 0.502 e. The number of aliphatic carboxylic acids is 1. The van der Waals surface area contributed by atoms with Crippen molar-refractivity contribution < 1.29 is 24.9 Å². The number of ether oxygens (including phenoxy) is 1. The molecule has 1 atom stereocenters. The van der Waals surface area contributed by atoms with Crippen LogP contribution in [-0.4, -0.2) is 28.4 Å². The molecule has 5 nitrogen and oxygen atoms in total. The highest BCUT2D eigenvalue weighted by Crippen LogP contribution is 2.19. The van der Waals surface area contributed by atoms with Gasteiger partial charge in [-0.25, -0.2) is 4.79 Å². The zero-order valence-corrected chi connectivity index (χ0v) is 8.62. The average Bonchev–Trinajstić information content (AvgIpc) is 2.28. The number of benzene rings is 1. The lowest BCUT2D eigenvalue weighted by Gasteiger charge is -2.07. The third-order valence-corrected chi connectivity index (χ3v) is 1.99. The lowest BCUT2D eigenvalue weighted by molar-refractivity contribution is -0.135. The molecule has 0 spiro atoms. The van der Waals surface area contributed by atoms with Crippen LogP contribution in [0.25, 0.3) is 0 Å². The standard InChI is InChI=1S/C11H12O5/c1-16-8-4-2-7(3-5-8)9(12)6-10(13)11(14)15/h2-6,9,12-13H,1H3,(H,14,15)/b10-6-. The molecule has 1 aromatic rings. The maximum atomic E-state index is 10.3. The number of aliphatic hydroxyl groups excluding tert-OH is 2. The summed E-state index contributed by atoms with van der Waals surface area (Å²) in [6, 6.07) is 6.42. The van der Waals surface area contributed by atoms with E-state index in [-0.39, 0.29) is 0 Å². The van der Waals surface area contributed by atoms with Crippen LogP contribution in [0.3, 0.4) is 0 Å². The highest BCUT2D eigenvalue weighted by atomic mass is 16.5. The second-order valence-corrected chi connectivity index (χ2v) is 3.08. The van der Waals surface area contributed by atoms with E-state index in [1.165, 1.54) is 7.11 Å². The normalized spacial score (nSPS) is 13.2. The minimum atomic E-state index is -1.48. The van der Waals surface area contributed by atoms with Crippen LogP contribution in [-0.2, 0) is 4.79 Å². The molecule has 0 amide bonds. The Bertz CT molecular complexity index is 393. The Labute approximate surface area is 92.2 Å². The highest BCUT2D eigenvalue weighted by Gasteiger charge is 2.10. The van der Waals surface area contributed by atoms with E-state index in [0.29, 0.717) is 11.3 Å². The number of methoxy groups -OCH3 is 1. The van der Waals surface area contributed by atoms with Gasteiger partial charge >= 0.3 is 5.97 Å². The number of hydrogen-bond acceptors (Lipinski definition) is 4. The summed E-state index contributed by atoms with van der Waals surface area (Å²) >= 11 is 0. The van der Waals surface area contributed by atoms with Gasteiger partial charge in [0.1, 0.15) is 11.9 Å². The minimum absolute atomic E-state index is 0.466. The van der Waals surface area contributed by atoms with E-state index in [2.05, 4.69) is 0 Å². The van der Waals surface area contributed by atoms with Crippen molar-refractivity contribution in [2.24, 2.45) is 0 Å². The molecule has 3 N–H and O–H groups in total.